The number of fused-ring (bicyclic) bond motifs is 1. The Morgan fingerprint density at radius 3 is 2.89 bits per heavy atom. The number of carbonyl (C=O) groups is 2. The highest BCUT2D eigenvalue weighted by molar-refractivity contribution is 8.01. The third kappa shape index (κ3) is 4.69. The number of nitrogens with zero attached hydrogens (tertiary/aromatic N) is 3. The zero-order valence-electron chi connectivity index (χ0n) is 15.3. The Hall–Kier alpha value is -2.02. The van der Waals surface area contributed by atoms with E-state index >= 15 is 0 Å². The molecular weight excluding hydrogens is 422 g/mol. The second kappa shape index (κ2) is 8.55. The molecule has 0 radical (unpaired) electrons. The fourth-order valence-corrected chi connectivity index (χ4v) is 5.43. The summed E-state index contributed by atoms with van der Waals surface area (Å²) >= 11 is 2.75. The third-order valence-electron chi connectivity index (χ3n) is 3.97. The Kier molecular flexibility index (Phi) is 6.33. The van der Waals surface area contributed by atoms with Gasteiger partial charge in [0.2, 0.25) is 27.0 Å². The standard InChI is InChI=1S/C16H19N5O4S3/c1-3-26-16-20-19-15(27-16)18-14(23)9-21(2)28(24,25)11-5-6-12-10(8-11)4-7-13(22)17-12/h5-6,8H,3-4,7,9H2,1-2H3,(H,17,22)(H,18,19,23). The average molecular weight is 442 g/mol. The van der Waals surface area contributed by atoms with Gasteiger partial charge >= 0.3 is 0 Å². The molecular formula is C16H19N5O4S3. The van der Waals surface area contributed by atoms with Gasteiger partial charge in [-0.15, -0.1) is 10.2 Å². The highest BCUT2D eigenvalue weighted by Crippen LogP contribution is 2.27. The first-order chi connectivity index (χ1) is 13.3. The van der Waals surface area contributed by atoms with Crippen molar-refractivity contribution in [3.63, 3.8) is 0 Å². The zero-order valence-corrected chi connectivity index (χ0v) is 17.7. The van der Waals surface area contributed by atoms with Crippen molar-refractivity contribution < 1.29 is 18.0 Å². The smallest absolute Gasteiger partial charge is 0.243 e. The SMILES string of the molecule is CCSc1nnc(NC(=O)CN(C)S(=O)(=O)c2ccc3c(c2)CCC(=O)N3)s1. The van der Waals surface area contributed by atoms with E-state index in [1.165, 1.54) is 42.3 Å². The van der Waals surface area contributed by atoms with Crippen molar-refractivity contribution in [1.29, 1.82) is 0 Å². The third-order valence-corrected chi connectivity index (χ3v) is 7.62. The lowest BCUT2D eigenvalue weighted by Gasteiger charge is -2.20. The normalized spacial score (nSPS) is 13.9. The van der Waals surface area contributed by atoms with Gasteiger partial charge in [-0.1, -0.05) is 30.0 Å². The number of nitrogens with one attached hydrogen (secondary N) is 2. The van der Waals surface area contributed by atoms with Crippen LogP contribution in [0.4, 0.5) is 10.8 Å². The van der Waals surface area contributed by atoms with Gasteiger partial charge in [0, 0.05) is 19.2 Å². The van der Waals surface area contributed by atoms with Crippen LogP contribution in [0.1, 0.15) is 18.9 Å². The Morgan fingerprint density at radius 1 is 1.36 bits per heavy atom. The quantitative estimate of drug-likeness (QED) is 0.496. The predicted octanol–water partition coefficient (Wildman–Crippen LogP) is 1.79. The molecule has 0 saturated heterocycles. The Balaban J connectivity index is 1.67. The van der Waals surface area contributed by atoms with Crippen LogP contribution in [0.3, 0.4) is 0 Å². The number of rotatable bonds is 7. The Labute approximate surface area is 171 Å². The molecule has 1 aliphatic rings. The van der Waals surface area contributed by atoms with Crippen molar-refractivity contribution in [2.45, 2.75) is 29.0 Å². The first-order valence-corrected chi connectivity index (χ1v) is 11.7. The van der Waals surface area contributed by atoms with Crippen molar-refractivity contribution in [2.75, 3.05) is 30.0 Å². The van der Waals surface area contributed by atoms with Crippen molar-refractivity contribution in [1.82, 2.24) is 14.5 Å². The van der Waals surface area contributed by atoms with Gasteiger partial charge in [-0.25, -0.2) is 8.42 Å². The van der Waals surface area contributed by atoms with E-state index in [9.17, 15) is 18.0 Å². The molecule has 0 atom stereocenters. The number of aromatic nitrogens is 2. The van der Waals surface area contributed by atoms with Crippen LogP contribution in [0.15, 0.2) is 27.4 Å². The highest BCUT2D eigenvalue weighted by Gasteiger charge is 2.25. The van der Waals surface area contributed by atoms with E-state index in [0.29, 0.717) is 23.7 Å². The van der Waals surface area contributed by atoms with E-state index in [-0.39, 0.29) is 17.3 Å². The summed E-state index contributed by atoms with van der Waals surface area (Å²) in [5, 5.41) is 13.4. The molecule has 9 nitrogen and oxygen atoms in total. The number of likely N-dealkylation sites (N-methyl/N-ethyl adjacent to an activating group) is 1. The molecule has 0 fully saturated rings. The maximum absolute atomic E-state index is 12.8. The molecule has 28 heavy (non-hydrogen) atoms. The first-order valence-electron chi connectivity index (χ1n) is 8.45. The molecule has 2 amide bonds. The molecule has 1 aromatic carbocycles. The summed E-state index contributed by atoms with van der Waals surface area (Å²) in [7, 11) is -2.51. The summed E-state index contributed by atoms with van der Waals surface area (Å²) in [6, 6.07) is 4.53. The second-order valence-electron chi connectivity index (χ2n) is 5.98. The van der Waals surface area contributed by atoms with E-state index in [4.69, 9.17) is 0 Å². The summed E-state index contributed by atoms with van der Waals surface area (Å²) in [4.78, 5) is 23.7. The summed E-state index contributed by atoms with van der Waals surface area (Å²) < 4.78 is 27.3. The molecule has 0 unspecified atom stereocenters. The molecule has 2 N–H and O–H groups in total. The maximum Gasteiger partial charge on any atom is 0.243 e. The lowest BCUT2D eigenvalue weighted by Crippen LogP contribution is -2.35. The molecule has 3 rings (SSSR count). The topological polar surface area (TPSA) is 121 Å². The fourth-order valence-electron chi connectivity index (χ4n) is 2.59. The van der Waals surface area contributed by atoms with Crippen LogP contribution in [0.5, 0.6) is 0 Å². The first kappa shape index (κ1) is 20.7. The molecule has 0 saturated carbocycles. The van der Waals surface area contributed by atoms with E-state index in [0.717, 1.165) is 20.0 Å². The van der Waals surface area contributed by atoms with Gasteiger partial charge in [0.05, 0.1) is 11.4 Å². The van der Waals surface area contributed by atoms with Crippen LogP contribution >= 0.6 is 23.1 Å². The lowest BCUT2D eigenvalue weighted by molar-refractivity contribution is -0.117. The van der Waals surface area contributed by atoms with Gasteiger partial charge in [0.25, 0.3) is 0 Å². The molecule has 12 heteroatoms. The molecule has 2 aromatic rings. The van der Waals surface area contributed by atoms with Gasteiger partial charge in [-0.3, -0.25) is 14.9 Å². The summed E-state index contributed by atoms with van der Waals surface area (Å²) in [5.74, 6) is 0.253. The summed E-state index contributed by atoms with van der Waals surface area (Å²) in [6.45, 7) is 1.63. The van der Waals surface area contributed by atoms with Crippen molar-refractivity contribution in [3.05, 3.63) is 23.8 Å². The maximum atomic E-state index is 12.8. The minimum Gasteiger partial charge on any atom is -0.326 e. The van der Waals surface area contributed by atoms with Crippen LogP contribution in [0, 0.1) is 0 Å². The summed E-state index contributed by atoms with van der Waals surface area (Å²) in [6.07, 6.45) is 0.790. The van der Waals surface area contributed by atoms with Crippen molar-refractivity contribution >= 4 is 55.8 Å². The number of hydrogen-bond donors (Lipinski definition) is 2. The van der Waals surface area contributed by atoms with Gasteiger partial charge < -0.3 is 5.32 Å². The van der Waals surface area contributed by atoms with Gasteiger partial charge in [0.1, 0.15) is 0 Å². The van der Waals surface area contributed by atoms with Crippen LogP contribution in [-0.2, 0) is 26.0 Å². The molecule has 1 aliphatic heterocycles. The number of amides is 2. The van der Waals surface area contributed by atoms with Gasteiger partial charge in [0.15, 0.2) is 4.34 Å². The van der Waals surface area contributed by atoms with E-state index in [2.05, 4.69) is 20.8 Å². The number of benzene rings is 1. The number of aryl methyl sites for hydroxylation is 1. The number of hydrogen-bond acceptors (Lipinski definition) is 8. The van der Waals surface area contributed by atoms with Crippen LogP contribution in [-0.4, -0.2) is 54.1 Å². The molecule has 0 aliphatic carbocycles. The van der Waals surface area contributed by atoms with E-state index in [1.54, 1.807) is 6.07 Å². The highest BCUT2D eigenvalue weighted by atomic mass is 32.2. The monoisotopic (exact) mass is 441 g/mol. The molecule has 1 aromatic heterocycles. The zero-order chi connectivity index (χ0) is 20.3. The molecule has 0 spiro atoms. The van der Waals surface area contributed by atoms with Gasteiger partial charge in [-0.05, 0) is 35.9 Å². The number of thioether (sulfide) groups is 1. The lowest BCUT2D eigenvalue weighted by atomic mass is 10.0. The van der Waals surface area contributed by atoms with Crippen LogP contribution < -0.4 is 10.6 Å². The fraction of sp³-hybridized carbons (Fsp3) is 0.375. The van der Waals surface area contributed by atoms with Crippen molar-refractivity contribution in [3.8, 4) is 0 Å². The molecule has 0 bridgehead atoms. The van der Waals surface area contributed by atoms with E-state index < -0.39 is 15.9 Å². The van der Waals surface area contributed by atoms with Crippen LogP contribution in [0.25, 0.3) is 0 Å². The molecule has 150 valence electrons. The minimum atomic E-state index is -3.85. The Bertz CT molecular complexity index is 1010. The second-order valence-corrected chi connectivity index (χ2v) is 10.5. The van der Waals surface area contributed by atoms with Crippen LogP contribution in [0.2, 0.25) is 0 Å². The average Bonchev–Trinajstić information content (AvgIpc) is 3.08. The summed E-state index contributed by atoms with van der Waals surface area (Å²) in [5.41, 5.74) is 1.38. The number of sulfonamides is 1. The minimum absolute atomic E-state index is 0.0789. The Morgan fingerprint density at radius 2 is 2.14 bits per heavy atom. The largest absolute Gasteiger partial charge is 0.326 e. The molecule has 2 heterocycles. The van der Waals surface area contributed by atoms with E-state index in [1.807, 2.05) is 6.92 Å². The predicted molar refractivity (Wildman–Crippen MR) is 108 cm³/mol. The van der Waals surface area contributed by atoms with Crippen molar-refractivity contribution in [2.24, 2.45) is 0 Å². The number of anilines is 2. The van der Waals surface area contributed by atoms with Gasteiger partial charge in [-0.2, -0.15) is 4.31 Å². The number of carbonyl (C=O) groups excluding carboxylic acids is 2.